The second-order valence-electron chi connectivity index (χ2n) is 5.77. The van der Waals surface area contributed by atoms with Crippen LogP contribution in [0.2, 0.25) is 0 Å². The highest BCUT2D eigenvalue weighted by Crippen LogP contribution is 2.19. The second kappa shape index (κ2) is 8.15. The van der Waals surface area contributed by atoms with E-state index in [1.807, 2.05) is 31.3 Å². The van der Waals surface area contributed by atoms with E-state index in [0.29, 0.717) is 19.2 Å². The van der Waals surface area contributed by atoms with Crippen molar-refractivity contribution in [1.82, 2.24) is 9.80 Å². The number of piperidine rings is 1. The minimum atomic E-state index is 0.141. The van der Waals surface area contributed by atoms with Gasteiger partial charge in [0.1, 0.15) is 5.75 Å². The van der Waals surface area contributed by atoms with Gasteiger partial charge < -0.3 is 14.4 Å². The van der Waals surface area contributed by atoms with Crippen LogP contribution in [0.5, 0.6) is 5.75 Å². The lowest BCUT2D eigenvalue weighted by Crippen LogP contribution is -2.43. The van der Waals surface area contributed by atoms with Gasteiger partial charge in [0.25, 0.3) is 0 Å². The first-order valence-electron chi connectivity index (χ1n) is 7.75. The number of para-hydroxylation sites is 1. The minimum Gasteiger partial charge on any atom is -0.496 e. The van der Waals surface area contributed by atoms with Crippen LogP contribution in [-0.4, -0.2) is 62.7 Å². The Bertz CT molecular complexity index is 485. The molecule has 0 spiro atoms. The monoisotopic (exact) mass is 306 g/mol. The van der Waals surface area contributed by atoms with E-state index in [9.17, 15) is 4.79 Å². The molecule has 5 heteroatoms. The molecule has 2 rings (SSSR count). The zero-order chi connectivity index (χ0) is 15.9. The largest absolute Gasteiger partial charge is 0.496 e. The number of hydrogen-bond acceptors (Lipinski definition) is 4. The Morgan fingerprint density at radius 3 is 2.59 bits per heavy atom. The molecule has 0 aliphatic carbocycles. The van der Waals surface area contributed by atoms with E-state index in [1.54, 1.807) is 19.1 Å². The molecule has 0 unspecified atom stereocenters. The van der Waals surface area contributed by atoms with Crippen molar-refractivity contribution in [2.24, 2.45) is 0 Å². The number of methoxy groups -OCH3 is 2. The smallest absolute Gasteiger partial charge is 0.236 e. The van der Waals surface area contributed by atoms with Crippen LogP contribution < -0.4 is 4.74 Å². The van der Waals surface area contributed by atoms with Crippen LogP contribution in [0.1, 0.15) is 18.4 Å². The van der Waals surface area contributed by atoms with Crippen molar-refractivity contribution in [2.45, 2.75) is 25.5 Å². The average Bonchev–Trinajstić information content (AvgIpc) is 2.56. The molecule has 0 radical (unpaired) electrons. The standard InChI is InChI=1S/C17H26N2O3/c1-18(12-14-6-4-5-7-16(14)22-3)17(20)13-19-10-8-15(21-2)9-11-19/h4-7,15H,8-13H2,1-3H3. The van der Waals surface area contributed by atoms with Gasteiger partial charge in [0.05, 0.1) is 19.8 Å². The molecule has 1 fully saturated rings. The highest BCUT2D eigenvalue weighted by atomic mass is 16.5. The van der Waals surface area contributed by atoms with Gasteiger partial charge in [-0.25, -0.2) is 0 Å². The van der Waals surface area contributed by atoms with Gasteiger partial charge in [0, 0.05) is 39.4 Å². The van der Waals surface area contributed by atoms with Crippen molar-refractivity contribution in [3.8, 4) is 5.75 Å². The van der Waals surface area contributed by atoms with Crippen LogP contribution in [-0.2, 0) is 16.1 Å². The van der Waals surface area contributed by atoms with E-state index in [1.165, 1.54) is 0 Å². The zero-order valence-electron chi connectivity index (χ0n) is 13.7. The molecule has 0 bridgehead atoms. The fourth-order valence-corrected chi connectivity index (χ4v) is 2.79. The molecule has 1 amide bonds. The van der Waals surface area contributed by atoms with Crippen molar-refractivity contribution in [1.29, 1.82) is 0 Å². The molecular formula is C17H26N2O3. The van der Waals surface area contributed by atoms with Gasteiger partial charge in [-0.3, -0.25) is 9.69 Å². The van der Waals surface area contributed by atoms with Gasteiger partial charge in [0.2, 0.25) is 5.91 Å². The SMILES string of the molecule is COc1ccccc1CN(C)C(=O)CN1CCC(OC)CC1. The van der Waals surface area contributed by atoms with Crippen molar-refractivity contribution in [3.63, 3.8) is 0 Å². The summed E-state index contributed by atoms with van der Waals surface area (Å²) in [7, 11) is 5.25. The molecule has 1 aromatic rings. The maximum atomic E-state index is 12.4. The summed E-state index contributed by atoms with van der Waals surface area (Å²) < 4.78 is 10.7. The van der Waals surface area contributed by atoms with Gasteiger partial charge in [-0.1, -0.05) is 18.2 Å². The molecule has 1 saturated heterocycles. The Morgan fingerprint density at radius 1 is 1.27 bits per heavy atom. The number of likely N-dealkylation sites (N-methyl/N-ethyl adjacent to an activating group) is 1. The van der Waals surface area contributed by atoms with Crippen molar-refractivity contribution < 1.29 is 14.3 Å². The number of carbonyl (C=O) groups is 1. The van der Waals surface area contributed by atoms with Gasteiger partial charge in [0.15, 0.2) is 0 Å². The summed E-state index contributed by atoms with van der Waals surface area (Å²) in [6, 6.07) is 7.81. The van der Waals surface area contributed by atoms with Crippen LogP contribution in [0, 0.1) is 0 Å². The van der Waals surface area contributed by atoms with E-state index in [-0.39, 0.29) is 5.91 Å². The lowest BCUT2D eigenvalue weighted by atomic mass is 10.1. The Labute approximate surface area is 132 Å². The molecule has 0 aromatic heterocycles. The van der Waals surface area contributed by atoms with E-state index in [4.69, 9.17) is 9.47 Å². The summed E-state index contributed by atoms with van der Waals surface area (Å²) in [5.41, 5.74) is 1.03. The third-order valence-electron chi connectivity index (χ3n) is 4.25. The fourth-order valence-electron chi connectivity index (χ4n) is 2.79. The second-order valence-corrected chi connectivity index (χ2v) is 5.77. The van der Waals surface area contributed by atoms with Crippen molar-refractivity contribution in [2.75, 3.05) is 40.9 Å². The summed E-state index contributed by atoms with van der Waals surface area (Å²) >= 11 is 0. The number of amides is 1. The number of nitrogens with zero attached hydrogens (tertiary/aromatic N) is 2. The van der Waals surface area contributed by atoms with Crippen LogP contribution in [0.4, 0.5) is 0 Å². The Kier molecular flexibility index (Phi) is 6.21. The molecular weight excluding hydrogens is 280 g/mol. The molecule has 5 nitrogen and oxygen atoms in total. The summed E-state index contributed by atoms with van der Waals surface area (Å²) in [6.07, 6.45) is 2.35. The maximum absolute atomic E-state index is 12.4. The van der Waals surface area contributed by atoms with Crippen LogP contribution >= 0.6 is 0 Å². The molecule has 1 aliphatic heterocycles. The lowest BCUT2D eigenvalue weighted by molar-refractivity contribution is -0.132. The van der Waals surface area contributed by atoms with E-state index >= 15 is 0 Å². The average molecular weight is 306 g/mol. The summed E-state index contributed by atoms with van der Waals surface area (Å²) in [4.78, 5) is 16.3. The molecule has 0 N–H and O–H groups in total. The van der Waals surface area contributed by atoms with Gasteiger partial charge in [-0.15, -0.1) is 0 Å². The van der Waals surface area contributed by atoms with Crippen molar-refractivity contribution in [3.05, 3.63) is 29.8 Å². The van der Waals surface area contributed by atoms with E-state index in [0.717, 1.165) is 37.2 Å². The number of ether oxygens (including phenoxy) is 2. The molecule has 122 valence electrons. The molecule has 1 heterocycles. The van der Waals surface area contributed by atoms with Crippen molar-refractivity contribution >= 4 is 5.91 Å². The van der Waals surface area contributed by atoms with Gasteiger partial charge >= 0.3 is 0 Å². The number of benzene rings is 1. The maximum Gasteiger partial charge on any atom is 0.236 e. The third-order valence-corrected chi connectivity index (χ3v) is 4.25. The molecule has 0 atom stereocenters. The first-order chi connectivity index (χ1) is 10.6. The topological polar surface area (TPSA) is 42.0 Å². The molecule has 22 heavy (non-hydrogen) atoms. The number of rotatable bonds is 6. The highest BCUT2D eigenvalue weighted by Gasteiger charge is 2.22. The van der Waals surface area contributed by atoms with E-state index in [2.05, 4.69) is 4.90 Å². The normalized spacial score (nSPS) is 16.5. The van der Waals surface area contributed by atoms with Gasteiger partial charge in [-0.05, 0) is 18.9 Å². The Hall–Kier alpha value is -1.59. The molecule has 0 saturated carbocycles. The summed E-state index contributed by atoms with van der Waals surface area (Å²) in [6.45, 7) is 2.89. The van der Waals surface area contributed by atoms with Crippen LogP contribution in [0.25, 0.3) is 0 Å². The third kappa shape index (κ3) is 4.45. The fraction of sp³-hybridized carbons (Fsp3) is 0.588. The highest BCUT2D eigenvalue weighted by molar-refractivity contribution is 5.78. The number of carbonyl (C=O) groups excluding carboxylic acids is 1. The van der Waals surface area contributed by atoms with E-state index < -0.39 is 0 Å². The minimum absolute atomic E-state index is 0.141. The molecule has 1 aliphatic rings. The Balaban J connectivity index is 1.85. The zero-order valence-corrected chi connectivity index (χ0v) is 13.7. The predicted molar refractivity (Wildman–Crippen MR) is 85.9 cm³/mol. The summed E-state index contributed by atoms with van der Waals surface area (Å²) in [5, 5.41) is 0. The lowest BCUT2D eigenvalue weighted by Gasteiger charge is -2.31. The number of likely N-dealkylation sites (tertiary alicyclic amines) is 1. The van der Waals surface area contributed by atoms with Crippen LogP contribution in [0.15, 0.2) is 24.3 Å². The van der Waals surface area contributed by atoms with Crippen LogP contribution in [0.3, 0.4) is 0 Å². The number of hydrogen-bond donors (Lipinski definition) is 0. The predicted octanol–water partition coefficient (Wildman–Crippen LogP) is 1.76. The van der Waals surface area contributed by atoms with Gasteiger partial charge in [-0.2, -0.15) is 0 Å². The quantitative estimate of drug-likeness (QED) is 0.803. The Morgan fingerprint density at radius 2 is 1.95 bits per heavy atom. The molecule has 1 aromatic carbocycles. The first-order valence-corrected chi connectivity index (χ1v) is 7.75. The summed E-state index contributed by atoms with van der Waals surface area (Å²) in [5.74, 6) is 0.963. The first kappa shape index (κ1) is 16.8.